The highest BCUT2D eigenvalue weighted by Crippen LogP contribution is 2.48. The van der Waals surface area contributed by atoms with E-state index in [2.05, 4.69) is 6.92 Å². The number of rotatable bonds is 3. The van der Waals surface area contributed by atoms with Gasteiger partial charge in [0.05, 0.1) is 0 Å². The van der Waals surface area contributed by atoms with Crippen LogP contribution in [0, 0.1) is 17.6 Å². The highest BCUT2D eigenvalue weighted by molar-refractivity contribution is 5.41. The van der Waals surface area contributed by atoms with Crippen LogP contribution in [-0.2, 0) is 5.41 Å². The van der Waals surface area contributed by atoms with Crippen molar-refractivity contribution < 1.29 is 8.78 Å². The zero-order chi connectivity index (χ0) is 15.6. The Kier molecular flexibility index (Phi) is 4.28. The fourth-order valence-corrected chi connectivity index (χ4v) is 3.96. The van der Waals surface area contributed by atoms with Crippen LogP contribution in [0.1, 0.15) is 50.2 Å². The highest BCUT2D eigenvalue weighted by atomic mass is 19.1. The summed E-state index contributed by atoms with van der Waals surface area (Å²) in [7, 11) is 0. The normalized spacial score (nSPS) is 18.3. The number of halogens is 2. The SMILES string of the molecule is CCC1CCC(c2ccccc2F)(c2ccccc2F)CC1. The molecule has 0 atom stereocenters. The Balaban J connectivity index is 2.12. The molecule has 2 aromatic rings. The summed E-state index contributed by atoms with van der Waals surface area (Å²) in [6, 6.07) is 13.7. The van der Waals surface area contributed by atoms with E-state index < -0.39 is 5.41 Å². The molecule has 0 aromatic heterocycles. The van der Waals surface area contributed by atoms with E-state index in [1.54, 1.807) is 12.1 Å². The van der Waals surface area contributed by atoms with Gasteiger partial charge in [0.1, 0.15) is 11.6 Å². The fourth-order valence-electron chi connectivity index (χ4n) is 3.96. The minimum atomic E-state index is -0.525. The molecule has 0 aliphatic heterocycles. The lowest BCUT2D eigenvalue weighted by molar-refractivity contribution is 0.250. The summed E-state index contributed by atoms with van der Waals surface area (Å²) in [5.41, 5.74) is 0.770. The van der Waals surface area contributed by atoms with Crippen molar-refractivity contribution in [1.82, 2.24) is 0 Å². The number of hydrogen-bond acceptors (Lipinski definition) is 0. The third-order valence-corrected chi connectivity index (χ3v) is 5.31. The van der Waals surface area contributed by atoms with Gasteiger partial charge in [-0.2, -0.15) is 0 Å². The summed E-state index contributed by atoms with van der Waals surface area (Å²) in [5.74, 6) is 0.230. The first-order valence-corrected chi connectivity index (χ1v) is 8.17. The monoisotopic (exact) mass is 300 g/mol. The first-order chi connectivity index (χ1) is 10.7. The van der Waals surface area contributed by atoms with E-state index in [0.717, 1.165) is 32.1 Å². The molecular weight excluding hydrogens is 278 g/mol. The highest BCUT2D eigenvalue weighted by Gasteiger charge is 2.41. The van der Waals surface area contributed by atoms with Gasteiger partial charge in [-0.15, -0.1) is 0 Å². The van der Waals surface area contributed by atoms with Crippen LogP contribution in [0.2, 0.25) is 0 Å². The average Bonchev–Trinajstić information content (AvgIpc) is 2.56. The summed E-state index contributed by atoms with van der Waals surface area (Å²) in [4.78, 5) is 0. The molecule has 0 unspecified atom stereocenters. The van der Waals surface area contributed by atoms with Crippen LogP contribution < -0.4 is 0 Å². The molecule has 2 heteroatoms. The van der Waals surface area contributed by atoms with Crippen LogP contribution in [0.15, 0.2) is 48.5 Å². The molecule has 1 saturated carbocycles. The van der Waals surface area contributed by atoms with Crippen molar-refractivity contribution in [3.05, 3.63) is 71.3 Å². The maximum atomic E-state index is 14.5. The van der Waals surface area contributed by atoms with Gasteiger partial charge in [-0.25, -0.2) is 8.78 Å². The van der Waals surface area contributed by atoms with E-state index in [-0.39, 0.29) is 11.6 Å². The Morgan fingerprint density at radius 1 is 0.864 bits per heavy atom. The maximum absolute atomic E-state index is 14.5. The molecule has 0 nitrogen and oxygen atoms in total. The second-order valence-corrected chi connectivity index (χ2v) is 6.39. The van der Waals surface area contributed by atoms with Crippen LogP contribution in [0.3, 0.4) is 0 Å². The molecule has 22 heavy (non-hydrogen) atoms. The van der Waals surface area contributed by atoms with Gasteiger partial charge in [0.25, 0.3) is 0 Å². The van der Waals surface area contributed by atoms with Crippen molar-refractivity contribution in [2.45, 2.75) is 44.4 Å². The molecule has 1 aliphatic rings. The molecular formula is C20H22F2. The zero-order valence-electron chi connectivity index (χ0n) is 13.0. The molecule has 2 aromatic carbocycles. The largest absolute Gasteiger partial charge is 0.207 e. The lowest BCUT2D eigenvalue weighted by atomic mass is 9.62. The smallest absolute Gasteiger partial charge is 0.127 e. The van der Waals surface area contributed by atoms with Crippen molar-refractivity contribution >= 4 is 0 Å². The van der Waals surface area contributed by atoms with Crippen molar-refractivity contribution in [3.63, 3.8) is 0 Å². The maximum Gasteiger partial charge on any atom is 0.127 e. The minimum Gasteiger partial charge on any atom is -0.207 e. The van der Waals surface area contributed by atoms with E-state index in [0.29, 0.717) is 17.0 Å². The van der Waals surface area contributed by atoms with Crippen molar-refractivity contribution in [1.29, 1.82) is 0 Å². The summed E-state index contributed by atoms with van der Waals surface area (Å²) in [5, 5.41) is 0. The Labute approximate surface area is 131 Å². The van der Waals surface area contributed by atoms with Gasteiger partial charge in [0.2, 0.25) is 0 Å². The summed E-state index contributed by atoms with van der Waals surface area (Å²) in [6.07, 6.45) is 4.82. The third-order valence-electron chi connectivity index (χ3n) is 5.31. The van der Waals surface area contributed by atoms with Crippen LogP contribution in [0.25, 0.3) is 0 Å². The van der Waals surface area contributed by atoms with Crippen LogP contribution in [0.4, 0.5) is 8.78 Å². The van der Waals surface area contributed by atoms with Gasteiger partial charge in [0, 0.05) is 5.41 Å². The molecule has 0 spiro atoms. The predicted octanol–water partition coefficient (Wildman–Crippen LogP) is 5.85. The predicted molar refractivity (Wildman–Crippen MR) is 85.8 cm³/mol. The molecule has 0 amide bonds. The molecule has 0 N–H and O–H groups in total. The lowest BCUT2D eigenvalue weighted by Gasteiger charge is -2.41. The van der Waals surface area contributed by atoms with Gasteiger partial charge >= 0.3 is 0 Å². The first-order valence-electron chi connectivity index (χ1n) is 8.17. The van der Waals surface area contributed by atoms with Gasteiger partial charge in [-0.1, -0.05) is 49.7 Å². The average molecular weight is 300 g/mol. The Hall–Kier alpha value is -1.70. The lowest BCUT2D eigenvalue weighted by Crippen LogP contribution is -2.34. The van der Waals surface area contributed by atoms with E-state index in [9.17, 15) is 8.78 Å². The van der Waals surface area contributed by atoms with Crippen LogP contribution in [0.5, 0.6) is 0 Å². The van der Waals surface area contributed by atoms with E-state index in [4.69, 9.17) is 0 Å². The molecule has 3 rings (SSSR count). The summed E-state index contributed by atoms with van der Waals surface area (Å²) in [6.45, 7) is 2.20. The third kappa shape index (κ3) is 2.55. The molecule has 0 saturated heterocycles. The molecule has 116 valence electrons. The van der Waals surface area contributed by atoms with Gasteiger partial charge in [-0.05, 0) is 54.9 Å². The topological polar surface area (TPSA) is 0 Å². The minimum absolute atomic E-state index is 0.222. The standard InChI is InChI=1S/C20H22F2/c1-2-15-11-13-20(14-12-15,16-7-3-5-9-18(16)21)17-8-4-6-10-19(17)22/h3-10,15H,2,11-14H2,1H3. The first kappa shape index (κ1) is 15.2. The van der Waals surface area contributed by atoms with Gasteiger partial charge in [-0.3, -0.25) is 0 Å². The van der Waals surface area contributed by atoms with E-state index >= 15 is 0 Å². The van der Waals surface area contributed by atoms with E-state index in [1.165, 1.54) is 12.1 Å². The fraction of sp³-hybridized carbons (Fsp3) is 0.400. The molecule has 1 fully saturated rings. The van der Waals surface area contributed by atoms with Gasteiger partial charge < -0.3 is 0 Å². The summed E-state index contributed by atoms with van der Waals surface area (Å²) >= 11 is 0. The Morgan fingerprint density at radius 2 is 1.32 bits per heavy atom. The van der Waals surface area contributed by atoms with Crippen LogP contribution in [-0.4, -0.2) is 0 Å². The molecule has 1 aliphatic carbocycles. The zero-order valence-corrected chi connectivity index (χ0v) is 13.0. The van der Waals surface area contributed by atoms with Crippen molar-refractivity contribution in [2.24, 2.45) is 5.92 Å². The molecule has 0 radical (unpaired) electrons. The molecule has 0 bridgehead atoms. The molecule has 0 heterocycles. The number of hydrogen-bond donors (Lipinski definition) is 0. The quantitative estimate of drug-likeness (QED) is 0.667. The number of benzene rings is 2. The Morgan fingerprint density at radius 3 is 1.73 bits per heavy atom. The Bertz CT molecular complexity index is 592. The van der Waals surface area contributed by atoms with Crippen molar-refractivity contribution in [3.8, 4) is 0 Å². The van der Waals surface area contributed by atoms with Gasteiger partial charge in [0.15, 0.2) is 0 Å². The van der Waals surface area contributed by atoms with Crippen LogP contribution >= 0.6 is 0 Å². The summed E-state index contributed by atoms with van der Waals surface area (Å²) < 4.78 is 29.0. The second kappa shape index (κ2) is 6.20. The van der Waals surface area contributed by atoms with E-state index in [1.807, 2.05) is 24.3 Å². The second-order valence-electron chi connectivity index (χ2n) is 6.39. The van der Waals surface area contributed by atoms with Crippen molar-refractivity contribution in [2.75, 3.05) is 0 Å².